The van der Waals surface area contributed by atoms with Crippen LogP contribution in [-0.4, -0.2) is 80.3 Å². The molecular formula is C46H44N8O5. The molecular weight excluding hydrogens is 745 g/mol. The molecule has 13 heteroatoms. The van der Waals surface area contributed by atoms with Gasteiger partial charge in [-0.15, -0.1) is 0 Å². The average Bonchev–Trinajstić information content (AvgIpc) is 3.65. The van der Waals surface area contributed by atoms with E-state index in [1.54, 1.807) is 4.90 Å². The molecule has 13 nitrogen and oxygen atoms in total. The highest BCUT2D eigenvalue weighted by Gasteiger charge is 2.39. The number of nitrogens with zero attached hydrogens (tertiary/aromatic N) is 4. The number of carbonyl (C=O) groups excluding carboxylic acids is 4. The summed E-state index contributed by atoms with van der Waals surface area (Å²) in [6, 6.07) is 29.5. The van der Waals surface area contributed by atoms with Crippen LogP contribution in [0.3, 0.4) is 0 Å². The summed E-state index contributed by atoms with van der Waals surface area (Å²) in [4.78, 5) is 72.5. The third-order valence-corrected chi connectivity index (χ3v) is 12.2. The predicted octanol–water partition coefficient (Wildman–Crippen LogP) is 7.36. The molecule has 59 heavy (non-hydrogen) atoms. The molecule has 2 aliphatic heterocycles. The fourth-order valence-corrected chi connectivity index (χ4v) is 9.01. The van der Waals surface area contributed by atoms with Crippen molar-refractivity contribution in [3.63, 3.8) is 0 Å². The van der Waals surface area contributed by atoms with Crippen LogP contribution in [0.5, 0.6) is 0 Å². The number of carbonyl (C=O) groups is 4. The van der Waals surface area contributed by atoms with E-state index in [0.29, 0.717) is 13.1 Å². The molecule has 1 saturated carbocycles. The van der Waals surface area contributed by atoms with Crippen molar-refractivity contribution in [2.24, 2.45) is 5.92 Å². The number of aromatic amines is 2. The van der Waals surface area contributed by atoms with Gasteiger partial charge in [0, 0.05) is 29.8 Å². The number of amides is 4. The first-order chi connectivity index (χ1) is 28.8. The van der Waals surface area contributed by atoms with E-state index >= 15 is 0 Å². The number of imidazole rings is 2. The first-order valence-electron chi connectivity index (χ1n) is 20.4. The van der Waals surface area contributed by atoms with Crippen LogP contribution in [0.4, 0.5) is 4.79 Å². The quantitative estimate of drug-likeness (QED) is 0.119. The molecule has 2 saturated heterocycles. The summed E-state index contributed by atoms with van der Waals surface area (Å²) >= 11 is 0. The van der Waals surface area contributed by atoms with Gasteiger partial charge in [0.05, 0.1) is 41.3 Å². The van der Waals surface area contributed by atoms with E-state index in [-0.39, 0.29) is 42.3 Å². The van der Waals surface area contributed by atoms with E-state index in [4.69, 9.17) is 9.97 Å². The Bertz CT molecular complexity index is 2790. The molecule has 3 atom stereocenters. The van der Waals surface area contributed by atoms with Gasteiger partial charge in [-0.05, 0) is 90.3 Å². The zero-order valence-electron chi connectivity index (χ0n) is 32.7. The van der Waals surface area contributed by atoms with Crippen molar-refractivity contribution >= 4 is 67.4 Å². The normalized spacial score (nSPS) is 18.5. The molecule has 298 valence electrons. The minimum absolute atomic E-state index is 0.00418. The van der Waals surface area contributed by atoms with E-state index in [2.05, 4.69) is 79.9 Å². The zero-order chi connectivity index (χ0) is 40.2. The molecule has 1 aliphatic carbocycles. The summed E-state index contributed by atoms with van der Waals surface area (Å²) in [6.07, 6.45) is 4.38. The number of benzene rings is 5. The van der Waals surface area contributed by atoms with Crippen LogP contribution in [0.2, 0.25) is 0 Å². The number of nitrogens with one attached hydrogen (secondary N) is 4. The van der Waals surface area contributed by atoms with Crippen molar-refractivity contribution in [1.29, 1.82) is 0 Å². The number of hydrogen-bond acceptors (Lipinski definition) is 7. The monoisotopic (exact) mass is 788 g/mol. The summed E-state index contributed by atoms with van der Waals surface area (Å²) < 4.78 is 4.62. The largest absolute Gasteiger partial charge is 0.453 e. The third-order valence-electron chi connectivity index (χ3n) is 12.2. The molecule has 5 aromatic carbocycles. The van der Waals surface area contributed by atoms with Crippen molar-refractivity contribution in [1.82, 2.24) is 40.4 Å². The van der Waals surface area contributed by atoms with Crippen molar-refractivity contribution < 1.29 is 23.9 Å². The second-order valence-corrected chi connectivity index (χ2v) is 15.9. The maximum Gasteiger partial charge on any atom is 0.407 e. The molecule has 3 aliphatic rings. The summed E-state index contributed by atoms with van der Waals surface area (Å²) in [6.45, 7) is 1.08. The van der Waals surface area contributed by atoms with Gasteiger partial charge in [0.2, 0.25) is 17.7 Å². The SMILES string of the molecule is COC(=O)NCC(=O)N1CCC[C@H]1c1nc2c(ccc3cc(-c4ccc5c(ccc6[nH]c([C@@H]7CCCN7C(=O)[C@H](NC(=O)C7CC7)c7ccccc7)nc65)c4)ccc32)[nH]1. The van der Waals surface area contributed by atoms with Crippen molar-refractivity contribution in [2.75, 3.05) is 26.7 Å². The molecule has 0 radical (unpaired) electrons. The van der Waals surface area contributed by atoms with Gasteiger partial charge in [-0.25, -0.2) is 14.8 Å². The number of fused-ring (bicyclic) bond motifs is 6. The molecule has 0 unspecified atom stereocenters. The number of ether oxygens (including phenoxy) is 1. The Morgan fingerprint density at radius 2 is 1.31 bits per heavy atom. The molecule has 7 aromatic rings. The molecule has 10 rings (SSSR count). The minimum Gasteiger partial charge on any atom is -0.453 e. The Labute approximate surface area is 339 Å². The minimum atomic E-state index is -0.740. The number of alkyl carbamates (subject to hydrolysis) is 1. The van der Waals surface area contributed by atoms with Crippen LogP contribution in [0.15, 0.2) is 91.0 Å². The Morgan fingerprint density at radius 1 is 0.729 bits per heavy atom. The third kappa shape index (κ3) is 6.79. The second kappa shape index (κ2) is 14.9. The van der Waals surface area contributed by atoms with Gasteiger partial charge in [0.1, 0.15) is 24.2 Å². The predicted molar refractivity (Wildman–Crippen MR) is 224 cm³/mol. The molecule has 4 heterocycles. The van der Waals surface area contributed by atoms with E-state index in [1.165, 1.54) is 7.11 Å². The standard InChI is InChI=1S/C46H44N8O5/c1-59-46(58)47-25-38(55)53-21-5-9-36(53)42-48-34-19-15-30-23-28(13-17-32(30)40(34)50-42)29-14-18-33-31(24-29)16-20-35-41(33)51-43(49-35)37-10-6-22-54(37)45(57)39(26-7-3-2-4-8-26)52-44(56)27-11-12-27/h2-4,7-8,13-20,23-24,27,36-37,39H,5-6,9-12,21-22,25H2,1H3,(H,47,58)(H,48,50)(H,49,51)(H,52,56)/t36-,37-,39+/m0/s1. The summed E-state index contributed by atoms with van der Waals surface area (Å²) in [5, 5.41) is 9.71. The van der Waals surface area contributed by atoms with Crippen molar-refractivity contribution in [3.8, 4) is 11.1 Å². The lowest BCUT2D eigenvalue weighted by atomic mass is 9.98. The first kappa shape index (κ1) is 36.6. The van der Waals surface area contributed by atoms with E-state index in [0.717, 1.165) is 110 Å². The van der Waals surface area contributed by atoms with Gasteiger partial charge >= 0.3 is 6.09 Å². The Hall–Kier alpha value is -6.76. The Kier molecular flexibility index (Phi) is 9.22. The van der Waals surface area contributed by atoms with Crippen LogP contribution in [0.25, 0.3) is 54.7 Å². The Balaban J connectivity index is 0.903. The molecule has 4 N–H and O–H groups in total. The fraction of sp³-hybridized carbons (Fsp3) is 0.304. The van der Waals surface area contributed by atoms with Crippen molar-refractivity contribution in [2.45, 2.75) is 56.7 Å². The maximum atomic E-state index is 14.2. The number of methoxy groups -OCH3 is 1. The highest BCUT2D eigenvalue weighted by atomic mass is 16.5. The molecule has 4 amide bonds. The highest BCUT2D eigenvalue weighted by Crippen LogP contribution is 2.38. The molecule has 0 spiro atoms. The number of rotatable bonds is 9. The van der Waals surface area contributed by atoms with Gasteiger partial charge in [-0.2, -0.15) is 0 Å². The van der Waals surface area contributed by atoms with Crippen LogP contribution in [-0.2, 0) is 19.1 Å². The summed E-state index contributed by atoms with van der Waals surface area (Å²) in [5.41, 5.74) is 6.47. The van der Waals surface area contributed by atoms with E-state index < -0.39 is 12.1 Å². The average molecular weight is 789 g/mol. The zero-order valence-corrected chi connectivity index (χ0v) is 32.7. The Morgan fingerprint density at radius 3 is 1.88 bits per heavy atom. The second-order valence-electron chi connectivity index (χ2n) is 15.9. The lowest BCUT2D eigenvalue weighted by Gasteiger charge is -2.28. The van der Waals surface area contributed by atoms with Gasteiger partial charge in [0.15, 0.2) is 0 Å². The maximum absolute atomic E-state index is 14.2. The summed E-state index contributed by atoms with van der Waals surface area (Å²) in [7, 11) is 1.27. The molecule has 3 fully saturated rings. The smallest absolute Gasteiger partial charge is 0.407 e. The number of likely N-dealkylation sites (tertiary alicyclic amines) is 2. The van der Waals surface area contributed by atoms with E-state index in [9.17, 15) is 19.2 Å². The van der Waals surface area contributed by atoms with Gasteiger partial charge in [-0.3, -0.25) is 14.4 Å². The highest BCUT2D eigenvalue weighted by molar-refractivity contribution is 6.07. The number of aromatic nitrogens is 4. The first-order valence-corrected chi connectivity index (χ1v) is 20.4. The van der Waals surface area contributed by atoms with Crippen LogP contribution in [0, 0.1) is 5.92 Å². The number of H-pyrrole nitrogens is 2. The van der Waals surface area contributed by atoms with Gasteiger partial charge in [0.25, 0.3) is 0 Å². The summed E-state index contributed by atoms with van der Waals surface area (Å²) in [5.74, 6) is 1.16. The topological polar surface area (TPSA) is 165 Å². The van der Waals surface area contributed by atoms with Crippen LogP contribution >= 0.6 is 0 Å². The van der Waals surface area contributed by atoms with Gasteiger partial charge < -0.3 is 35.1 Å². The lowest BCUT2D eigenvalue weighted by Crippen LogP contribution is -2.43. The van der Waals surface area contributed by atoms with E-state index in [1.807, 2.05) is 41.3 Å². The van der Waals surface area contributed by atoms with Crippen LogP contribution < -0.4 is 10.6 Å². The molecule has 2 aromatic heterocycles. The van der Waals surface area contributed by atoms with Crippen LogP contribution in [0.1, 0.15) is 73.9 Å². The number of hydrogen-bond donors (Lipinski definition) is 4. The van der Waals surface area contributed by atoms with Crippen molar-refractivity contribution in [3.05, 3.63) is 108 Å². The fourth-order valence-electron chi connectivity index (χ4n) is 9.01. The van der Waals surface area contributed by atoms with Gasteiger partial charge in [-0.1, -0.05) is 66.7 Å². The lowest BCUT2D eigenvalue weighted by molar-refractivity contribution is -0.137. The molecule has 0 bridgehead atoms.